The van der Waals surface area contributed by atoms with E-state index in [0.717, 1.165) is 37.8 Å². The molecule has 4 aliphatic rings. The Labute approximate surface area is 125 Å². The zero-order valence-corrected chi connectivity index (χ0v) is 12.5. The number of nitrogens with zero attached hydrogens (tertiary/aromatic N) is 1. The van der Waals surface area contributed by atoms with E-state index in [-0.39, 0.29) is 17.6 Å². The first kappa shape index (κ1) is 13.4. The van der Waals surface area contributed by atoms with Gasteiger partial charge in [-0.2, -0.15) is 0 Å². The van der Waals surface area contributed by atoms with Gasteiger partial charge in [-0.05, 0) is 37.5 Å². The lowest BCUT2D eigenvalue weighted by Crippen LogP contribution is -2.58. The summed E-state index contributed by atoms with van der Waals surface area (Å²) in [4.78, 5) is 25.7. The molecule has 0 aromatic carbocycles. The van der Waals surface area contributed by atoms with Crippen molar-refractivity contribution in [1.29, 1.82) is 0 Å². The summed E-state index contributed by atoms with van der Waals surface area (Å²) in [6.45, 7) is 2.30. The molecule has 0 aromatic heterocycles. The van der Waals surface area contributed by atoms with E-state index in [4.69, 9.17) is 4.74 Å². The van der Waals surface area contributed by atoms with E-state index in [1.54, 1.807) is 0 Å². The number of cyclic esters (lactones) is 1. The molecule has 0 unspecified atom stereocenters. The fourth-order valence-corrected chi connectivity index (χ4v) is 4.53. The van der Waals surface area contributed by atoms with Gasteiger partial charge in [-0.1, -0.05) is 19.3 Å². The SMILES string of the molecule is O=C1N[C@]2(CO1)C[C@H](C(=O)N1CCC(C3CCC3)CC1)C2. The van der Waals surface area contributed by atoms with Crippen LogP contribution in [0.15, 0.2) is 0 Å². The fraction of sp³-hybridized carbons (Fsp3) is 0.875. The molecule has 2 aliphatic heterocycles. The van der Waals surface area contributed by atoms with Crippen molar-refractivity contribution in [2.24, 2.45) is 17.8 Å². The molecule has 0 radical (unpaired) electrons. The van der Waals surface area contributed by atoms with Gasteiger partial charge in [-0.25, -0.2) is 4.79 Å². The summed E-state index contributed by atoms with van der Waals surface area (Å²) in [6, 6.07) is 0. The average molecular weight is 292 g/mol. The second-order valence-corrected chi connectivity index (χ2v) is 7.44. The number of piperidine rings is 1. The van der Waals surface area contributed by atoms with Crippen LogP contribution in [0.2, 0.25) is 0 Å². The average Bonchev–Trinajstić information content (AvgIpc) is 2.78. The Hall–Kier alpha value is -1.26. The first-order valence-electron chi connectivity index (χ1n) is 8.39. The maximum Gasteiger partial charge on any atom is 0.407 e. The maximum absolute atomic E-state index is 12.5. The van der Waals surface area contributed by atoms with Crippen LogP contribution in [0, 0.1) is 17.8 Å². The number of hydrogen-bond donors (Lipinski definition) is 1. The van der Waals surface area contributed by atoms with Crippen molar-refractivity contribution in [3.05, 3.63) is 0 Å². The Morgan fingerprint density at radius 2 is 1.81 bits per heavy atom. The monoisotopic (exact) mass is 292 g/mol. The van der Waals surface area contributed by atoms with Crippen LogP contribution in [0.3, 0.4) is 0 Å². The Bertz CT molecular complexity index is 446. The summed E-state index contributed by atoms with van der Waals surface area (Å²) < 4.78 is 4.97. The van der Waals surface area contributed by atoms with Crippen LogP contribution in [0.4, 0.5) is 4.79 Å². The van der Waals surface area contributed by atoms with Gasteiger partial charge in [0.05, 0.1) is 5.54 Å². The summed E-state index contributed by atoms with van der Waals surface area (Å²) in [5, 5.41) is 2.86. The highest BCUT2D eigenvalue weighted by Crippen LogP contribution is 2.43. The van der Waals surface area contributed by atoms with Crippen molar-refractivity contribution in [2.45, 2.75) is 50.5 Å². The molecule has 4 rings (SSSR count). The predicted octanol–water partition coefficient (Wildman–Crippen LogP) is 1.91. The topological polar surface area (TPSA) is 58.6 Å². The molecule has 116 valence electrons. The highest BCUT2D eigenvalue weighted by Gasteiger charge is 2.53. The van der Waals surface area contributed by atoms with Crippen LogP contribution >= 0.6 is 0 Å². The van der Waals surface area contributed by atoms with E-state index < -0.39 is 0 Å². The third-order valence-electron chi connectivity index (χ3n) is 6.14. The Morgan fingerprint density at radius 1 is 1.14 bits per heavy atom. The zero-order valence-electron chi connectivity index (χ0n) is 12.5. The highest BCUT2D eigenvalue weighted by molar-refractivity contribution is 5.81. The van der Waals surface area contributed by atoms with E-state index in [9.17, 15) is 9.59 Å². The van der Waals surface area contributed by atoms with E-state index in [2.05, 4.69) is 10.2 Å². The molecule has 0 aromatic rings. The first-order valence-corrected chi connectivity index (χ1v) is 8.39. The van der Waals surface area contributed by atoms with E-state index in [1.807, 2.05) is 0 Å². The molecule has 2 saturated heterocycles. The number of carbonyl (C=O) groups excluding carboxylic acids is 2. The second kappa shape index (κ2) is 4.89. The molecule has 5 heteroatoms. The number of ether oxygens (including phenoxy) is 1. The lowest BCUT2D eigenvalue weighted by molar-refractivity contribution is -0.143. The number of likely N-dealkylation sites (tertiary alicyclic amines) is 1. The van der Waals surface area contributed by atoms with Crippen LogP contribution in [0.5, 0.6) is 0 Å². The van der Waals surface area contributed by atoms with Crippen molar-refractivity contribution in [1.82, 2.24) is 10.2 Å². The van der Waals surface area contributed by atoms with Crippen molar-refractivity contribution in [3.63, 3.8) is 0 Å². The van der Waals surface area contributed by atoms with E-state index >= 15 is 0 Å². The van der Waals surface area contributed by atoms with Crippen molar-refractivity contribution < 1.29 is 14.3 Å². The standard InChI is InChI=1S/C16H24N2O3/c19-14(13-8-16(9-13)10-21-15(20)17-16)18-6-4-12(5-7-18)11-2-1-3-11/h11-13H,1-10H2,(H,17,20)/t13-,16+. The molecule has 2 heterocycles. The minimum absolute atomic E-state index is 0.0900. The number of alkyl carbamates (subject to hydrolysis) is 1. The Morgan fingerprint density at radius 3 is 2.33 bits per heavy atom. The number of carbonyl (C=O) groups is 2. The molecule has 0 atom stereocenters. The number of hydrogen-bond acceptors (Lipinski definition) is 3. The van der Waals surface area contributed by atoms with Crippen molar-refractivity contribution in [3.8, 4) is 0 Å². The summed E-state index contributed by atoms with van der Waals surface area (Å²) >= 11 is 0. The quantitative estimate of drug-likeness (QED) is 0.846. The minimum atomic E-state index is -0.331. The van der Waals surface area contributed by atoms with E-state index in [0.29, 0.717) is 12.5 Å². The molecule has 1 N–H and O–H groups in total. The number of nitrogens with one attached hydrogen (secondary N) is 1. The van der Waals surface area contributed by atoms with Gasteiger partial charge in [-0.3, -0.25) is 4.79 Å². The van der Waals surface area contributed by atoms with Gasteiger partial charge < -0.3 is 15.0 Å². The molecule has 2 aliphatic carbocycles. The van der Waals surface area contributed by atoms with Crippen LogP contribution in [-0.4, -0.2) is 42.1 Å². The molecule has 0 bridgehead atoms. The van der Waals surface area contributed by atoms with Gasteiger partial charge in [0.2, 0.25) is 5.91 Å². The molecular weight excluding hydrogens is 268 g/mol. The summed E-state index contributed by atoms with van der Waals surface area (Å²) in [5.74, 6) is 2.19. The van der Waals surface area contributed by atoms with Gasteiger partial charge in [0, 0.05) is 19.0 Å². The number of amides is 2. The van der Waals surface area contributed by atoms with Gasteiger partial charge in [0.25, 0.3) is 0 Å². The molecule has 5 nitrogen and oxygen atoms in total. The summed E-state index contributed by atoms with van der Waals surface area (Å²) in [7, 11) is 0. The summed E-state index contributed by atoms with van der Waals surface area (Å²) in [5.41, 5.74) is -0.234. The fourth-order valence-electron chi connectivity index (χ4n) is 4.53. The van der Waals surface area contributed by atoms with Crippen molar-refractivity contribution in [2.75, 3.05) is 19.7 Å². The van der Waals surface area contributed by atoms with Crippen molar-refractivity contribution >= 4 is 12.0 Å². The highest BCUT2D eigenvalue weighted by atomic mass is 16.6. The van der Waals surface area contributed by atoms with Crippen LogP contribution in [0.1, 0.15) is 44.9 Å². The Kier molecular flexibility index (Phi) is 3.12. The molecule has 21 heavy (non-hydrogen) atoms. The molecule has 1 spiro atoms. The lowest BCUT2D eigenvalue weighted by atomic mass is 9.68. The normalized spacial score (nSPS) is 36.9. The molecular formula is C16H24N2O3. The van der Waals surface area contributed by atoms with Gasteiger partial charge in [-0.15, -0.1) is 0 Å². The molecule has 2 amide bonds. The smallest absolute Gasteiger partial charge is 0.407 e. The van der Waals surface area contributed by atoms with Gasteiger partial charge in [0.15, 0.2) is 0 Å². The zero-order chi connectivity index (χ0) is 14.4. The minimum Gasteiger partial charge on any atom is -0.447 e. The lowest BCUT2D eigenvalue weighted by Gasteiger charge is -2.46. The van der Waals surface area contributed by atoms with E-state index in [1.165, 1.54) is 32.1 Å². The third kappa shape index (κ3) is 2.30. The van der Waals surface area contributed by atoms with Gasteiger partial charge in [0.1, 0.15) is 6.61 Å². The second-order valence-electron chi connectivity index (χ2n) is 7.44. The number of rotatable bonds is 2. The molecule has 2 saturated carbocycles. The van der Waals surface area contributed by atoms with Crippen LogP contribution in [-0.2, 0) is 9.53 Å². The predicted molar refractivity (Wildman–Crippen MR) is 76.6 cm³/mol. The van der Waals surface area contributed by atoms with Gasteiger partial charge >= 0.3 is 6.09 Å². The molecule has 4 fully saturated rings. The largest absolute Gasteiger partial charge is 0.447 e. The Balaban J connectivity index is 1.26. The first-order chi connectivity index (χ1) is 10.2. The third-order valence-corrected chi connectivity index (χ3v) is 6.14. The summed E-state index contributed by atoms with van der Waals surface area (Å²) in [6.07, 6.45) is 7.76. The van der Waals surface area contributed by atoms with Crippen LogP contribution in [0.25, 0.3) is 0 Å². The van der Waals surface area contributed by atoms with Crippen LogP contribution < -0.4 is 5.32 Å². The maximum atomic E-state index is 12.5.